The number of hydrogen-bond donors (Lipinski definition) is 1. The van der Waals surface area contributed by atoms with Gasteiger partial charge in [-0.15, -0.1) is 0 Å². The van der Waals surface area contributed by atoms with Crippen LogP contribution in [0, 0.1) is 12.8 Å². The van der Waals surface area contributed by atoms with E-state index in [9.17, 15) is 4.79 Å². The third-order valence-electron chi connectivity index (χ3n) is 5.64. The van der Waals surface area contributed by atoms with Crippen molar-refractivity contribution >= 4 is 23.7 Å². The highest BCUT2D eigenvalue weighted by molar-refractivity contribution is 5.84. The largest absolute Gasteiger partial charge is 0.386 e. The van der Waals surface area contributed by atoms with Gasteiger partial charge in [-0.2, -0.15) is 0 Å². The minimum Gasteiger partial charge on any atom is -0.386 e. The number of anilines is 2. The van der Waals surface area contributed by atoms with Crippen LogP contribution in [0.25, 0.3) is 6.08 Å². The normalized spacial score (nSPS) is 18.0. The van der Waals surface area contributed by atoms with Crippen LogP contribution < -0.4 is 10.2 Å². The van der Waals surface area contributed by atoms with Crippen molar-refractivity contribution in [3.63, 3.8) is 0 Å². The minimum atomic E-state index is 0.425. The molecule has 4 rings (SSSR count). The molecule has 0 spiro atoms. The van der Waals surface area contributed by atoms with Gasteiger partial charge in [-0.1, -0.05) is 0 Å². The van der Waals surface area contributed by atoms with Gasteiger partial charge in [0.05, 0.1) is 29.5 Å². The summed E-state index contributed by atoms with van der Waals surface area (Å²) in [5.74, 6) is 1.23. The van der Waals surface area contributed by atoms with Gasteiger partial charge in [0, 0.05) is 46.0 Å². The van der Waals surface area contributed by atoms with E-state index in [1.807, 2.05) is 38.6 Å². The van der Waals surface area contributed by atoms with Crippen LogP contribution in [0.5, 0.6) is 0 Å². The molecular formula is C22H28N6O. The highest BCUT2D eigenvalue weighted by atomic mass is 16.1. The Balaban J connectivity index is 1.38. The number of nitrogens with zero attached hydrogens (tertiary/aromatic N) is 5. The highest BCUT2D eigenvalue weighted by Gasteiger charge is 2.26. The Morgan fingerprint density at radius 2 is 1.86 bits per heavy atom. The van der Waals surface area contributed by atoms with Crippen LogP contribution in [0.15, 0.2) is 30.2 Å². The second-order valence-corrected chi connectivity index (χ2v) is 7.81. The lowest BCUT2D eigenvalue weighted by molar-refractivity contribution is -0.105. The van der Waals surface area contributed by atoms with Crippen molar-refractivity contribution in [2.75, 3.05) is 43.4 Å². The third kappa shape index (κ3) is 4.79. The summed E-state index contributed by atoms with van der Waals surface area (Å²) in [7, 11) is 1.90. The molecule has 0 atom stereocenters. The van der Waals surface area contributed by atoms with Crippen molar-refractivity contribution in [3.8, 4) is 0 Å². The number of allylic oxidation sites excluding steroid dienone is 1. The quantitative estimate of drug-likeness (QED) is 0.573. The zero-order valence-electron chi connectivity index (χ0n) is 17.1. The predicted octanol–water partition coefficient (Wildman–Crippen LogP) is 2.54. The second kappa shape index (κ2) is 8.69. The van der Waals surface area contributed by atoms with Gasteiger partial charge in [0.2, 0.25) is 0 Å². The number of aromatic nitrogens is 3. The number of pyridine rings is 1. The number of aldehydes is 1. The lowest BCUT2D eigenvalue weighted by atomic mass is 10.1. The molecule has 2 aromatic rings. The number of rotatable bonds is 7. The van der Waals surface area contributed by atoms with Gasteiger partial charge in [0.25, 0.3) is 0 Å². The van der Waals surface area contributed by atoms with E-state index in [1.165, 1.54) is 5.56 Å². The summed E-state index contributed by atoms with van der Waals surface area (Å²) in [6, 6.07) is 2.15. The molecule has 0 amide bonds. The molecule has 0 bridgehead atoms. The van der Waals surface area contributed by atoms with Crippen LogP contribution in [0.4, 0.5) is 11.4 Å². The van der Waals surface area contributed by atoms with E-state index in [4.69, 9.17) is 0 Å². The second-order valence-electron chi connectivity index (χ2n) is 7.81. The van der Waals surface area contributed by atoms with Crippen LogP contribution >= 0.6 is 0 Å². The Bertz CT molecular complexity index is 883. The molecule has 1 aliphatic heterocycles. The van der Waals surface area contributed by atoms with Gasteiger partial charge in [0.1, 0.15) is 12.1 Å². The van der Waals surface area contributed by atoms with Crippen molar-refractivity contribution in [1.82, 2.24) is 19.9 Å². The molecule has 152 valence electrons. The van der Waals surface area contributed by atoms with Crippen LogP contribution in [-0.2, 0) is 11.3 Å². The summed E-state index contributed by atoms with van der Waals surface area (Å²) in [6.07, 6.45) is 10.9. The molecule has 2 aliphatic rings. The minimum absolute atomic E-state index is 0.425. The zero-order chi connectivity index (χ0) is 20.2. The molecule has 0 aromatic carbocycles. The molecule has 7 nitrogen and oxygen atoms in total. The number of hydrogen-bond acceptors (Lipinski definition) is 7. The number of aryl methyl sites for hydroxylation is 1. The van der Waals surface area contributed by atoms with Crippen molar-refractivity contribution in [2.24, 2.45) is 5.92 Å². The number of carbonyl (C=O) groups is 1. The molecule has 1 saturated heterocycles. The predicted molar refractivity (Wildman–Crippen MR) is 115 cm³/mol. The Labute approximate surface area is 171 Å². The van der Waals surface area contributed by atoms with Gasteiger partial charge < -0.3 is 10.2 Å². The number of carbonyl (C=O) groups excluding carboxylic acids is 1. The van der Waals surface area contributed by atoms with E-state index < -0.39 is 0 Å². The monoisotopic (exact) mass is 392 g/mol. The van der Waals surface area contributed by atoms with Gasteiger partial charge in [-0.3, -0.25) is 14.7 Å². The molecule has 1 N–H and O–H groups in total. The summed E-state index contributed by atoms with van der Waals surface area (Å²) in [6.45, 7) is 6.67. The summed E-state index contributed by atoms with van der Waals surface area (Å²) in [4.78, 5) is 29.3. The van der Waals surface area contributed by atoms with Crippen molar-refractivity contribution in [2.45, 2.75) is 26.3 Å². The molecule has 0 unspecified atom stereocenters. The maximum Gasteiger partial charge on any atom is 0.146 e. The molecule has 0 radical (unpaired) electrons. The zero-order valence-corrected chi connectivity index (χ0v) is 17.1. The first kappa shape index (κ1) is 19.5. The Hall–Kier alpha value is -2.80. The first-order chi connectivity index (χ1) is 14.2. The van der Waals surface area contributed by atoms with Gasteiger partial charge in [-0.05, 0) is 49.0 Å². The molecule has 2 aromatic heterocycles. The van der Waals surface area contributed by atoms with Crippen molar-refractivity contribution in [1.29, 1.82) is 0 Å². The Kier molecular flexibility index (Phi) is 5.85. The maximum absolute atomic E-state index is 11.3. The van der Waals surface area contributed by atoms with Crippen LogP contribution in [0.1, 0.15) is 29.9 Å². The van der Waals surface area contributed by atoms with Crippen LogP contribution in [0.3, 0.4) is 0 Å². The first-order valence-corrected chi connectivity index (χ1v) is 10.3. The van der Waals surface area contributed by atoms with Crippen molar-refractivity contribution < 1.29 is 4.79 Å². The molecule has 7 heteroatoms. The summed E-state index contributed by atoms with van der Waals surface area (Å²) >= 11 is 0. The smallest absolute Gasteiger partial charge is 0.146 e. The standard InChI is InChI=1S/C22H28N6O/c1-16-24-12-20(13-25-16)28-7-5-27(6-8-28)14-17-9-21(23-2)22(26-11-17)10-19(15-29)18-3-4-18/h9-13,15,18,23H,3-8,14H2,1-2H3/b19-10+. The number of nitrogens with one attached hydrogen (secondary N) is 1. The third-order valence-corrected chi connectivity index (χ3v) is 5.64. The van der Waals surface area contributed by atoms with Crippen molar-refractivity contribution in [3.05, 3.63) is 47.3 Å². The molecular weight excluding hydrogens is 364 g/mol. The molecule has 1 saturated carbocycles. The fourth-order valence-corrected chi connectivity index (χ4v) is 3.71. The topological polar surface area (TPSA) is 74.2 Å². The van der Waals surface area contributed by atoms with Crippen LogP contribution in [-0.4, -0.2) is 59.4 Å². The van der Waals surface area contributed by atoms with E-state index in [2.05, 4.69) is 36.1 Å². The van der Waals surface area contributed by atoms with Gasteiger partial charge >= 0.3 is 0 Å². The fraction of sp³-hybridized carbons (Fsp3) is 0.455. The fourth-order valence-electron chi connectivity index (χ4n) is 3.71. The first-order valence-electron chi connectivity index (χ1n) is 10.3. The van der Waals surface area contributed by atoms with E-state index in [0.29, 0.717) is 5.92 Å². The Morgan fingerprint density at radius 3 is 2.48 bits per heavy atom. The van der Waals surface area contributed by atoms with E-state index in [0.717, 1.165) is 80.3 Å². The summed E-state index contributed by atoms with van der Waals surface area (Å²) < 4.78 is 0. The Morgan fingerprint density at radius 1 is 1.14 bits per heavy atom. The summed E-state index contributed by atoms with van der Waals surface area (Å²) in [5, 5.41) is 3.23. The van der Waals surface area contributed by atoms with E-state index in [1.54, 1.807) is 0 Å². The molecule has 3 heterocycles. The highest BCUT2D eigenvalue weighted by Crippen LogP contribution is 2.36. The van der Waals surface area contributed by atoms with Gasteiger partial charge in [0.15, 0.2) is 0 Å². The summed E-state index contributed by atoms with van der Waals surface area (Å²) in [5.41, 5.74) is 4.94. The maximum atomic E-state index is 11.3. The average Bonchev–Trinajstić information content (AvgIpc) is 3.59. The molecule has 1 aliphatic carbocycles. The average molecular weight is 393 g/mol. The van der Waals surface area contributed by atoms with E-state index >= 15 is 0 Å². The number of piperazine rings is 1. The van der Waals surface area contributed by atoms with Crippen LogP contribution in [0.2, 0.25) is 0 Å². The SMILES string of the molecule is CNc1cc(CN2CCN(c3cnc(C)nc3)CC2)cnc1/C=C(\C=O)C1CC1. The van der Waals surface area contributed by atoms with Gasteiger partial charge in [-0.25, -0.2) is 9.97 Å². The van der Waals surface area contributed by atoms with E-state index in [-0.39, 0.29) is 0 Å². The molecule has 2 fully saturated rings. The molecule has 29 heavy (non-hydrogen) atoms. The lowest BCUT2D eigenvalue weighted by Gasteiger charge is -2.35. The lowest BCUT2D eigenvalue weighted by Crippen LogP contribution is -2.46.